The van der Waals surface area contributed by atoms with Crippen molar-refractivity contribution in [1.29, 1.82) is 0 Å². The smallest absolute Gasteiger partial charge is 0.251 e. The molecule has 0 bridgehead atoms. The number of rotatable bonds is 5. The Morgan fingerprint density at radius 3 is 2.62 bits per heavy atom. The third-order valence-corrected chi connectivity index (χ3v) is 5.60. The number of hydrogen-bond donors (Lipinski definition) is 1. The lowest BCUT2D eigenvalue weighted by Crippen LogP contribution is -2.55. The topological polar surface area (TPSA) is 66.4 Å². The molecule has 0 aromatic heterocycles. The summed E-state index contributed by atoms with van der Waals surface area (Å²) in [6, 6.07) is 5.73. The molecule has 29 heavy (non-hydrogen) atoms. The minimum atomic E-state index is -0.238. The van der Waals surface area contributed by atoms with Crippen LogP contribution in [0.25, 0.3) is 0 Å². The standard InChI is InChI=1S/C20H29ClN4O3.HI/c1-22-20(23-8-7-15-5-6-16(27-2)14-17(15)21)25-11-9-24(10-12-25)19(26)18-4-3-13-28-18;/h5-6,14,18H,3-4,7-13H2,1-2H3,(H,22,23);1H. The Morgan fingerprint density at radius 2 is 2.03 bits per heavy atom. The van der Waals surface area contributed by atoms with E-state index >= 15 is 0 Å². The summed E-state index contributed by atoms with van der Waals surface area (Å²) < 4.78 is 10.7. The zero-order valence-corrected chi connectivity index (χ0v) is 20.1. The van der Waals surface area contributed by atoms with E-state index in [-0.39, 0.29) is 36.0 Å². The molecule has 2 heterocycles. The van der Waals surface area contributed by atoms with Crippen molar-refractivity contribution in [2.75, 3.05) is 53.5 Å². The molecule has 1 aromatic rings. The van der Waals surface area contributed by atoms with E-state index in [9.17, 15) is 4.79 Å². The second-order valence-corrected chi connectivity index (χ2v) is 7.40. The number of benzene rings is 1. The molecule has 1 amide bonds. The lowest BCUT2D eigenvalue weighted by molar-refractivity contribution is -0.142. The highest BCUT2D eigenvalue weighted by Gasteiger charge is 2.30. The molecule has 0 radical (unpaired) electrons. The van der Waals surface area contributed by atoms with Crippen LogP contribution in [0.2, 0.25) is 5.02 Å². The minimum absolute atomic E-state index is 0. The van der Waals surface area contributed by atoms with Gasteiger partial charge in [0.05, 0.1) is 7.11 Å². The molecular formula is C20H30ClIN4O3. The summed E-state index contributed by atoms with van der Waals surface area (Å²) in [6.45, 7) is 4.36. The molecule has 1 aromatic carbocycles. The summed E-state index contributed by atoms with van der Waals surface area (Å²) in [5, 5.41) is 4.11. The molecule has 7 nitrogen and oxygen atoms in total. The van der Waals surface area contributed by atoms with Crippen LogP contribution >= 0.6 is 35.6 Å². The quantitative estimate of drug-likeness (QED) is 0.356. The number of carbonyl (C=O) groups excluding carboxylic acids is 1. The lowest BCUT2D eigenvalue weighted by atomic mass is 10.1. The molecule has 162 valence electrons. The van der Waals surface area contributed by atoms with E-state index in [1.54, 1.807) is 14.2 Å². The fraction of sp³-hybridized carbons (Fsp3) is 0.600. The van der Waals surface area contributed by atoms with Gasteiger partial charge < -0.3 is 24.6 Å². The van der Waals surface area contributed by atoms with Gasteiger partial charge in [-0.3, -0.25) is 9.79 Å². The third kappa shape index (κ3) is 6.36. The van der Waals surface area contributed by atoms with Crippen molar-refractivity contribution in [3.8, 4) is 5.75 Å². The van der Waals surface area contributed by atoms with Crippen LogP contribution in [0, 0.1) is 0 Å². The zero-order valence-electron chi connectivity index (χ0n) is 17.0. The van der Waals surface area contributed by atoms with E-state index in [1.807, 2.05) is 23.1 Å². The Balaban J connectivity index is 0.00000300. The summed E-state index contributed by atoms with van der Waals surface area (Å²) >= 11 is 6.31. The van der Waals surface area contributed by atoms with E-state index < -0.39 is 0 Å². The van der Waals surface area contributed by atoms with Gasteiger partial charge in [0, 0.05) is 51.4 Å². The number of amides is 1. The van der Waals surface area contributed by atoms with Crippen LogP contribution in [0.15, 0.2) is 23.2 Å². The van der Waals surface area contributed by atoms with E-state index in [2.05, 4.69) is 15.2 Å². The Labute approximate surface area is 194 Å². The highest BCUT2D eigenvalue weighted by Crippen LogP contribution is 2.22. The summed E-state index contributed by atoms with van der Waals surface area (Å²) in [5.74, 6) is 1.75. The first-order valence-corrected chi connectivity index (χ1v) is 10.2. The summed E-state index contributed by atoms with van der Waals surface area (Å²) in [6.07, 6.45) is 2.37. The molecular weight excluding hydrogens is 507 g/mol. The molecule has 3 rings (SSSR count). The first-order valence-electron chi connectivity index (χ1n) is 9.80. The molecule has 2 fully saturated rings. The van der Waals surface area contributed by atoms with Crippen LogP contribution in [0.5, 0.6) is 5.75 Å². The molecule has 2 saturated heterocycles. The first-order chi connectivity index (χ1) is 13.6. The fourth-order valence-electron chi connectivity index (χ4n) is 3.61. The van der Waals surface area contributed by atoms with Crippen LogP contribution < -0.4 is 10.1 Å². The van der Waals surface area contributed by atoms with Gasteiger partial charge in [-0.25, -0.2) is 0 Å². The third-order valence-electron chi connectivity index (χ3n) is 5.25. The van der Waals surface area contributed by atoms with Crippen molar-refractivity contribution in [3.63, 3.8) is 0 Å². The van der Waals surface area contributed by atoms with Gasteiger partial charge >= 0.3 is 0 Å². The number of ether oxygens (including phenoxy) is 2. The molecule has 1 atom stereocenters. The Kier molecular flexibility index (Phi) is 9.78. The molecule has 2 aliphatic rings. The minimum Gasteiger partial charge on any atom is -0.497 e. The van der Waals surface area contributed by atoms with Gasteiger partial charge in [-0.2, -0.15) is 0 Å². The average Bonchev–Trinajstić information content (AvgIpc) is 3.27. The maximum Gasteiger partial charge on any atom is 0.251 e. The number of hydrogen-bond acceptors (Lipinski definition) is 4. The molecule has 2 aliphatic heterocycles. The molecule has 1 unspecified atom stereocenters. The van der Waals surface area contributed by atoms with Crippen molar-refractivity contribution in [2.45, 2.75) is 25.4 Å². The monoisotopic (exact) mass is 536 g/mol. The number of carbonyl (C=O) groups is 1. The second-order valence-electron chi connectivity index (χ2n) is 7.00. The van der Waals surface area contributed by atoms with Crippen LogP contribution in [0.1, 0.15) is 18.4 Å². The van der Waals surface area contributed by atoms with Gasteiger partial charge in [0.15, 0.2) is 5.96 Å². The van der Waals surface area contributed by atoms with Crippen molar-refractivity contribution < 1.29 is 14.3 Å². The number of nitrogens with one attached hydrogen (secondary N) is 1. The Morgan fingerprint density at radius 1 is 1.31 bits per heavy atom. The van der Waals surface area contributed by atoms with Crippen molar-refractivity contribution in [1.82, 2.24) is 15.1 Å². The molecule has 0 spiro atoms. The normalized spacial score (nSPS) is 19.7. The Hall–Kier alpha value is -1.26. The van der Waals surface area contributed by atoms with Crippen molar-refractivity contribution in [3.05, 3.63) is 28.8 Å². The first kappa shape index (κ1) is 24.0. The number of piperazine rings is 1. The van der Waals surface area contributed by atoms with Crippen LogP contribution in [0.3, 0.4) is 0 Å². The number of aliphatic imine (C=N–C) groups is 1. The lowest BCUT2D eigenvalue weighted by Gasteiger charge is -2.37. The van der Waals surface area contributed by atoms with Gasteiger partial charge in [-0.05, 0) is 37.0 Å². The highest BCUT2D eigenvalue weighted by atomic mass is 127. The van der Waals surface area contributed by atoms with Crippen molar-refractivity contribution in [2.24, 2.45) is 4.99 Å². The number of methoxy groups -OCH3 is 1. The van der Waals surface area contributed by atoms with E-state index in [0.717, 1.165) is 56.2 Å². The van der Waals surface area contributed by atoms with E-state index in [0.29, 0.717) is 24.7 Å². The maximum atomic E-state index is 12.5. The van der Waals surface area contributed by atoms with E-state index in [1.165, 1.54) is 0 Å². The van der Waals surface area contributed by atoms with E-state index in [4.69, 9.17) is 21.1 Å². The molecule has 0 aliphatic carbocycles. The molecule has 0 saturated carbocycles. The van der Waals surface area contributed by atoms with Crippen LogP contribution in [-0.2, 0) is 16.0 Å². The Bertz CT molecular complexity index is 705. The van der Waals surface area contributed by atoms with Crippen LogP contribution in [0.4, 0.5) is 0 Å². The predicted octanol–water partition coefficient (Wildman–Crippen LogP) is 2.41. The molecule has 1 N–H and O–H groups in total. The van der Waals surface area contributed by atoms with Crippen LogP contribution in [-0.4, -0.2) is 81.3 Å². The average molecular weight is 537 g/mol. The van der Waals surface area contributed by atoms with Gasteiger partial charge in [0.1, 0.15) is 11.9 Å². The van der Waals surface area contributed by atoms with Gasteiger partial charge in [-0.1, -0.05) is 17.7 Å². The second kappa shape index (κ2) is 11.8. The predicted molar refractivity (Wildman–Crippen MR) is 126 cm³/mol. The largest absolute Gasteiger partial charge is 0.497 e. The summed E-state index contributed by atoms with van der Waals surface area (Å²) in [4.78, 5) is 21.0. The van der Waals surface area contributed by atoms with Crippen molar-refractivity contribution >= 4 is 47.4 Å². The van der Waals surface area contributed by atoms with Gasteiger partial charge in [0.25, 0.3) is 5.91 Å². The summed E-state index contributed by atoms with van der Waals surface area (Å²) in [7, 11) is 3.41. The number of halogens is 2. The SMILES string of the molecule is CN=C(NCCc1ccc(OC)cc1Cl)N1CCN(C(=O)C2CCCO2)CC1.I. The maximum absolute atomic E-state index is 12.5. The highest BCUT2D eigenvalue weighted by molar-refractivity contribution is 14.0. The van der Waals surface area contributed by atoms with Gasteiger partial charge in [0.2, 0.25) is 0 Å². The zero-order chi connectivity index (χ0) is 19.9. The number of nitrogens with zero attached hydrogens (tertiary/aromatic N) is 3. The fourth-order valence-corrected chi connectivity index (χ4v) is 3.88. The molecule has 9 heteroatoms. The number of guanidine groups is 1. The van der Waals surface area contributed by atoms with Gasteiger partial charge in [-0.15, -0.1) is 24.0 Å². The summed E-state index contributed by atoms with van der Waals surface area (Å²) in [5.41, 5.74) is 1.07.